The van der Waals surface area contributed by atoms with Crippen LogP contribution in [0.25, 0.3) is 69.9 Å². The molecule has 0 amide bonds. The summed E-state index contributed by atoms with van der Waals surface area (Å²) in [6, 6.07) is 34.1. The van der Waals surface area contributed by atoms with Crippen LogP contribution >= 0.6 is 11.3 Å². The molecule has 5 aromatic carbocycles. The van der Waals surface area contributed by atoms with Crippen LogP contribution in [0.2, 0.25) is 0 Å². The summed E-state index contributed by atoms with van der Waals surface area (Å²) in [6.45, 7) is 0. The van der Waals surface area contributed by atoms with Crippen molar-refractivity contribution in [2.24, 2.45) is 0 Å². The van der Waals surface area contributed by atoms with E-state index < -0.39 is 0 Å². The number of hydrogen-bond acceptors (Lipinski definition) is 3. The Hall–Kier alpha value is -4.15. The van der Waals surface area contributed by atoms with E-state index in [2.05, 4.69) is 83.4 Å². The smallest absolute Gasteiger partial charge is 0.195 e. The van der Waals surface area contributed by atoms with E-state index in [0.717, 1.165) is 43.6 Å². The highest BCUT2D eigenvalue weighted by Gasteiger charge is 2.21. The van der Waals surface area contributed by atoms with E-state index in [1.54, 1.807) is 11.3 Å². The van der Waals surface area contributed by atoms with E-state index in [4.69, 9.17) is 9.40 Å². The number of benzene rings is 5. The fraction of sp³-hybridized carbons (Fsp3) is 0. The summed E-state index contributed by atoms with van der Waals surface area (Å²) in [5.74, 6) is 0. The average Bonchev–Trinajstić information content (AvgIpc) is 3.54. The third kappa shape index (κ3) is 2.25. The van der Waals surface area contributed by atoms with Crippen LogP contribution in [-0.4, -0.2) is 9.55 Å². The van der Waals surface area contributed by atoms with Gasteiger partial charge in [-0.25, -0.2) is 4.98 Å². The van der Waals surface area contributed by atoms with Crippen LogP contribution in [0.5, 0.6) is 0 Å². The molecule has 0 saturated heterocycles. The van der Waals surface area contributed by atoms with Gasteiger partial charge in [0.05, 0.1) is 21.3 Å². The Morgan fingerprint density at radius 2 is 1.45 bits per heavy atom. The Labute approximate surface area is 192 Å². The highest BCUT2D eigenvalue weighted by atomic mass is 32.1. The van der Waals surface area contributed by atoms with E-state index in [9.17, 15) is 0 Å². The van der Waals surface area contributed by atoms with Gasteiger partial charge in [-0.3, -0.25) is 4.57 Å². The minimum absolute atomic E-state index is 0.908. The quantitative estimate of drug-likeness (QED) is 0.256. The second-order valence-corrected chi connectivity index (χ2v) is 9.43. The molecule has 3 aromatic heterocycles. The topological polar surface area (TPSA) is 31.0 Å². The molecule has 154 valence electrons. The first kappa shape index (κ1) is 17.4. The Kier molecular flexibility index (Phi) is 3.28. The number of aromatic nitrogens is 2. The molecule has 8 aromatic rings. The number of para-hydroxylation sites is 2. The fourth-order valence-electron chi connectivity index (χ4n) is 5.20. The monoisotopic (exact) mass is 440 g/mol. The lowest BCUT2D eigenvalue weighted by Crippen LogP contribution is -1.93. The van der Waals surface area contributed by atoms with Crippen LogP contribution in [0.4, 0.5) is 0 Å². The van der Waals surface area contributed by atoms with Crippen molar-refractivity contribution >= 4 is 76.1 Å². The molecule has 0 saturated carbocycles. The van der Waals surface area contributed by atoms with Gasteiger partial charge in [-0.05, 0) is 41.1 Å². The van der Waals surface area contributed by atoms with E-state index in [-0.39, 0.29) is 0 Å². The van der Waals surface area contributed by atoms with Crippen LogP contribution in [-0.2, 0) is 0 Å². The lowest BCUT2D eigenvalue weighted by atomic mass is 10.0. The normalized spacial score (nSPS) is 12.2. The summed E-state index contributed by atoms with van der Waals surface area (Å²) in [7, 11) is 0. The third-order valence-electron chi connectivity index (χ3n) is 6.64. The summed E-state index contributed by atoms with van der Waals surface area (Å²) in [4.78, 5) is 5.04. The number of thiazole rings is 1. The maximum atomic E-state index is 6.50. The Morgan fingerprint density at radius 1 is 0.667 bits per heavy atom. The van der Waals surface area contributed by atoms with Crippen molar-refractivity contribution in [3.8, 4) is 5.13 Å². The van der Waals surface area contributed by atoms with Gasteiger partial charge < -0.3 is 4.42 Å². The van der Waals surface area contributed by atoms with Gasteiger partial charge in [0.15, 0.2) is 10.7 Å². The Morgan fingerprint density at radius 3 is 2.39 bits per heavy atom. The number of nitrogens with zero attached hydrogens (tertiary/aromatic N) is 2. The van der Waals surface area contributed by atoms with Gasteiger partial charge in [0, 0.05) is 21.5 Å². The highest BCUT2D eigenvalue weighted by molar-refractivity contribution is 7.20. The highest BCUT2D eigenvalue weighted by Crippen LogP contribution is 2.43. The second-order valence-electron chi connectivity index (χ2n) is 8.42. The molecule has 0 radical (unpaired) electrons. The van der Waals surface area contributed by atoms with Crippen molar-refractivity contribution in [2.45, 2.75) is 0 Å². The van der Waals surface area contributed by atoms with Crippen LogP contribution in [0.3, 0.4) is 0 Å². The predicted molar refractivity (Wildman–Crippen MR) is 139 cm³/mol. The number of fused-ring (bicyclic) bond motifs is 10. The maximum absolute atomic E-state index is 6.50. The maximum Gasteiger partial charge on any atom is 0.195 e. The molecule has 0 aliphatic heterocycles. The van der Waals surface area contributed by atoms with E-state index in [1.165, 1.54) is 26.2 Å². The van der Waals surface area contributed by atoms with Crippen molar-refractivity contribution in [3.05, 3.63) is 97.1 Å². The SMILES string of the molecule is c1ccc2c(c1)ccc1c2c2ccc3c4ccccc4oc3c2n1-c1nc2ccccc2s1. The minimum atomic E-state index is 0.908. The molecule has 0 N–H and O–H groups in total. The zero-order valence-electron chi connectivity index (χ0n) is 17.4. The Bertz CT molecular complexity index is 2010. The molecule has 3 heterocycles. The van der Waals surface area contributed by atoms with Gasteiger partial charge in [0.2, 0.25) is 0 Å². The van der Waals surface area contributed by atoms with E-state index in [1.807, 2.05) is 18.2 Å². The number of furan rings is 1. The molecule has 0 atom stereocenters. The van der Waals surface area contributed by atoms with Gasteiger partial charge in [0.25, 0.3) is 0 Å². The average molecular weight is 441 g/mol. The number of hydrogen-bond donors (Lipinski definition) is 0. The standard InChI is InChI=1S/C29H16N2OS/c1-2-8-18-17(7-1)13-16-23-26(18)21-15-14-20-19-9-3-5-11-24(19)32-28(20)27(21)31(23)29-30-22-10-4-6-12-25(22)33-29/h1-16H. The summed E-state index contributed by atoms with van der Waals surface area (Å²) in [5.41, 5.74) is 5.06. The fourth-order valence-corrected chi connectivity index (χ4v) is 6.19. The lowest BCUT2D eigenvalue weighted by Gasteiger charge is -2.04. The third-order valence-corrected chi connectivity index (χ3v) is 7.66. The lowest BCUT2D eigenvalue weighted by molar-refractivity contribution is 0.671. The van der Waals surface area contributed by atoms with Crippen LogP contribution in [0, 0.1) is 0 Å². The molecule has 0 spiro atoms. The molecule has 0 aliphatic carbocycles. The van der Waals surface area contributed by atoms with Crippen LogP contribution < -0.4 is 0 Å². The van der Waals surface area contributed by atoms with Gasteiger partial charge >= 0.3 is 0 Å². The summed E-state index contributed by atoms with van der Waals surface area (Å²) < 4.78 is 9.98. The zero-order chi connectivity index (χ0) is 21.5. The first-order chi connectivity index (χ1) is 16.4. The number of rotatable bonds is 1. The van der Waals surface area contributed by atoms with Crippen LogP contribution in [0.1, 0.15) is 0 Å². The van der Waals surface area contributed by atoms with Crippen molar-refractivity contribution < 1.29 is 4.42 Å². The first-order valence-corrected chi connectivity index (χ1v) is 11.8. The minimum Gasteiger partial charge on any atom is -0.454 e. The van der Waals surface area contributed by atoms with Crippen LogP contribution in [0.15, 0.2) is 101 Å². The van der Waals surface area contributed by atoms with Gasteiger partial charge in [-0.1, -0.05) is 78.1 Å². The molecule has 4 heteroatoms. The van der Waals surface area contributed by atoms with Crippen molar-refractivity contribution in [3.63, 3.8) is 0 Å². The molecule has 0 unspecified atom stereocenters. The van der Waals surface area contributed by atoms with E-state index >= 15 is 0 Å². The van der Waals surface area contributed by atoms with Gasteiger partial charge in [0.1, 0.15) is 5.58 Å². The van der Waals surface area contributed by atoms with Crippen molar-refractivity contribution in [1.29, 1.82) is 0 Å². The first-order valence-electron chi connectivity index (χ1n) is 11.0. The molecule has 8 rings (SSSR count). The second kappa shape index (κ2) is 6.21. The molecule has 0 fully saturated rings. The summed E-state index contributed by atoms with van der Waals surface area (Å²) in [6.07, 6.45) is 0. The molecule has 3 nitrogen and oxygen atoms in total. The predicted octanol–water partition coefficient (Wildman–Crippen LogP) is 8.45. The zero-order valence-corrected chi connectivity index (χ0v) is 18.3. The molecule has 33 heavy (non-hydrogen) atoms. The van der Waals surface area contributed by atoms with Gasteiger partial charge in [-0.15, -0.1) is 0 Å². The Balaban J connectivity index is 1.66. The van der Waals surface area contributed by atoms with Crippen molar-refractivity contribution in [1.82, 2.24) is 9.55 Å². The van der Waals surface area contributed by atoms with Gasteiger partial charge in [-0.2, -0.15) is 0 Å². The summed E-state index contributed by atoms with van der Waals surface area (Å²) >= 11 is 1.72. The molecule has 0 bridgehead atoms. The summed E-state index contributed by atoms with van der Waals surface area (Å²) in [5, 5.41) is 8.14. The largest absolute Gasteiger partial charge is 0.454 e. The molecule has 0 aliphatic rings. The molecular weight excluding hydrogens is 424 g/mol. The molecular formula is C29H16N2OS. The van der Waals surface area contributed by atoms with E-state index in [0.29, 0.717) is 0 Å². The van der Waals surface area contributed by atoms with Crippen molar-refractivity contribution in [2.75, 3.05) is 0 Å².